The summed E-state index contributed by atoms with van der Waals surface area (Å²) in [6, 6.07) is 8.62. The molecule has 20 heavy (non-hydrogen) atoms. The molecular weight excluding hydrogens is 270 g/mol. The summed E-state index contributed by atoms with van der Waals surface area (Å²) in [5, 5.41) is 3.26. The number of hydrogen-bond acceptors (Lipinski definition) is 4. The lowest BCUT2D eigenvalue weighted by Crippen LogP contribution is -2.53. The molecule has 2 heterocycles. The zero-order valence-corrected chi connectivity index (χ0v) is 12.7. The zero-order chi connectivity index (χ0) is 13.9. The first-order valence-electron chi connectivity index (χ1n) is 7.15. The van der Waals surface area contributed by atoms with Crippen molar-refractivity contribution in [2.24, 2.45) is 0 Å². The molecule has 5 heteroatoms. The van der Waals surface area contributed by atoms with Crippen molar-refractivity contribution in [3.05, 3.63) is 29.8 Å². The third kappa shape index (κ3) is 2.94. The molecule has 1 atom stereocenters. The Bertz CT molecular complexity index is 480. The van der Waals surface area contributed by atoms with Crippen molar-refractivity contribution in [3.8, 4) is 0 Å². The van der Waals surface area contributed by atoms with Crippen molar-refractivity contribution < 1.29 is 4.79 Å². The smallest absolute Gasteiger partial charge is 0.240 e. The Kier molecular flexibility index (Phi) is 4.17. The van der Waals surface area contributed by atoms with Crippen molar-refractivity contribution in [1.82, 2.24) is 10.2 Å². The maximum absolute atomic E-state index is 12.3. The predicted molar refractivity (Wildman–Crippen MR) is 84.2 cm³/mol. The molecule has 1 N–H and O–H groups in total. The predicted octanol–water partition coefficient (Wildman–Crippen LogP) is 1.31. The largest absolute Gasteiger partial charge is 0.368 e. The molecule has 2 aliphatic rings. The number of hydrogen-bond donors (Lipinski definition) is 1. The van der Waals surface area contributed by atoms with E-state index >= 15 is 0 Å². The van der Waals surface area contributed by atoms with Gasteiger partial charge in [0.1, 0.15) is 0 Å². The van der Waals surface area contributed by atoms with Crippen molar-refractivity contribution in [2.45, 2.75) is 13.0 Å². The van der Waals surface area contributed by atoms with E-state index in [9.17, 15) is 4.79 Å². The van der Waals surface area contributed by atoms with E-state index < -0.39 is 0 Å². The molecule has 0 bridgehead atoms. The summed E-state index contributed by atoms with van der Waals surface area (Å²) in [5.41, 5.74) is 2.56. The minimum atomic E-state index is 0.0329. The molecule has 4 nitrogen and oxygen atoms in total. The molecular formula is C15H21N3OS. The maximum Gasteiger partial charge on any atom is 0.240 e. The van der Waals surface area contributed by atoms with Crippen molar-refractivity contribution in [2.75, 3.05) is 42.7 Å². The maximum atomic E-state index is 12.3. The third-order valence-corrected chi connectivity index (χ3v) is 4.91. The lowest BCUT2D eigenvalue weighted by molar-refractivity contribution is -0.132. The molecule has 0 radical (unpaired) electrons. The first-order chi connectivity index (χ1) is 9.74. The number of anilines is 1. The molecule has 0 spiro atoms. The summed E-state index contributed by atoms with van der Waals surface area (Å²) < 4.78 is 0. The number of carbonyl (C=O) groups excluding carboxylic acids is 1. The van der Waals surface area contributed by atoms with Gasteiger partial charge in [0.2, 0.25) is 5.91 Å². The first-order valence-corrected chi connectivity index (χ1v) is 8.31. The van der Waals surface area contributed by atoms with Gasteiger partial charge >= 0.3 is 0 Å². The number of nitrogens with one attached hydrogen (secondary N) is 1. The van der Waals surface area contributed by atoms with Gasteiger partial charge in [0.25, 0.3) is 0 Å². The molecule has 1 aromatic carbocycles. The van der Waals surface area contributed by atoms with Crippen molar-refractivity contribution in [3.63, 3.8) is 0 Å². The molecule has 2 fully saturated rings. The molecule has 2 saturated heterocycles. The Morgan fingerprint density at radius 3 is 2.75 bits per heavy atom. The van der Waals surface area contributed by atoms with Gasteiger partial charge in [-0.25, -0.2) is 0 Å². The minimum Gasteiger partial charge on any atom is -0.368 e. The number of nitrogens with zero attached hydrogens (tertiary/aromatic N) is 2. The van der Waals surface area contributed by atoms with Crippen LogP contribution in [-0.2, 0) is 4.79 Å². The van der Waals surface area contributed by atoms with E-state index in [0.29, 0.717) is 0 Å². The monoisotopic (exact) mass is 291 g/mol. The molecule has 0 saturated carbocycles. The van der Waals surface area contributed by atoms with Gasteiger partial charge in [0.15, 0.2) is 0 Å². The third-order valence-electron chi connectivity index (χ3n) is 3.97. The normalized spacial score (nSPS) is 23.1. The van der Waals surface area contributed by atoms with Crippen molar-refractivity contribution >= 4 is 23.4 Å². The Morgan fingerprint density at radius 2 is 2.10 bits per heavy atom. The fourth-order valence-electron chi connectivity index (χ4n) is 2.78. The van der Waals surface area contributed by atoms with E-state index in [1.807, 2.05) is 4.90 Å². The van der Waals surface area contributed by atoms with Crippen LogP contribution in [0, 0.1) is 6.92 Å². The van der Waals surface area contributed by atoms with Gasteiger partial charge in [-0.1, -0.05) is 12.1 Å². The van der Waals surface area contributed by atoms with E-state index in [2.05, 4.69) is 41.4 Å². The Balaban J connectivity index is 1.58. The molecule has 108 valence electrons. The summed E-state index contributed by atoms with van der Waals surface area (Å²) in [5.74, 6) is 2.09. The van der Waals surface area contributed by atoms with E-state index in [1.54, 1.807) is 11.8 Å². The number of amides is 1. The van der Waals surface area contributed by atoms with Crippen LogP contribution >= 0.6 is 11.8 Å². The van der Waals surface area contributed by atoms with Crippen LogP contribution in [0.2, 0.25) is 0 Å². The highest BCUT2D eigenvalue weighted by Crippen LogP contribution is 2.19. The quantitative estimate of drug-likeness (QED) is 0.891. The highest BCUT2D eigenvalue weighted by atomic mass is 32.2. The second kappa shape index (κ2) is 6.06. The number of piperazine rings is 1. The SMILES string of the molecule is Cc1cccc(N2CCN(C(=O)C3CSCN3)CC2)c1. The van der Waals surface area contributed by atoms with Crippen molar-refractivity contribution in [1.29, 1.82) is 0 Å². The standard InChI is InChI=1S/C15H21N3OS/c1-12-3-2-4-13(9-12)17-5-7-18(8-6-17)15(19)14-10-20-11-16-14/h2-4,9,14,16H,5-8,10-11H2,1H3. The molecule has 1 aromatic rings. The average Bonchev–Trinajstić information content (AvgIpc) is 3.01. The highest BCUT2D eigenvalue weighted by Gasteiger charge is 2.29. The average molecular weight is 291 g/mol. The van der Waals surface area contributed by atoms with E-state index in [0.717, 1.165) is 37.8 Å². The number of benzene rings is 1. The van der Waals surface area contributed by atoms with Crippen LogP contribution in [0.25, 0.3) is 0 Å². The van der Waals surface area contributed by atoms with Gasteiger partial charge in [-0.05, 0) is 24.6 Å². The van der Waals surface area contributed by atoms with Gasteiger partial charge in [-0.3, -0.25) is 10.1 Å². The topological polar surface area (TPSA) is 35.6 Å². The Hall–Kier alpha value is -1.20. The number of aryl methyl sites for hydroxylation is 1. The van der Waals surface area contributed by atoms with E-state index in [4.69, 9.17) is 0 Å². The summed E-state index contributed by atoms with van der Waals surface area (Å²) in [6.45, 7) is 5.63. The molecule has 3 rings (SSSR count). The van der Waals surface area contributed by atoms with Crippen LogP contribution in [0.15, 0.2) is 24.3 Å². The second-order valence-corrected chi connectivity index (χ2v) is 6.45. The van der Waals surface area contributed by atoms with Gasteiger partial charge in [0.05, 0.1) is 6.04 Å². The van der Waals surface area contributed by atoms with Gasteiger partial charge in [-0.15, -0.1) is 11.8 Å². The van der Waals surface area contributed by atoms with Crippen LogP contribution in [0.5, 0.6) is 0 Å². The minimum absolute atomic E-state index is 0.0329. The zero-order valence-electron chi connectivity index (χ0n) is 11.8. The number of rotatable bonds is 2. The molecule has 2 aliphatic heterocycles. The summed E-state index contributed by atoms with van der Waals surface area (Å²) in [4.78, 5) is 16.7. The van der Waals surface area contributed by atoms with Crippen LogP contribution < -0.4 is 10.2 Å². The summed E-state index contributed by atoms with van der Waals surface area (Å²) in [7, 11) is 0. The molecule has 0 aliphatic carbocycles. The Labute approximate surface area is 124 Å². The first kappa shape index (κ1) is 13.8. The van der Waals surface area contributed by atoms with Crippen LogP contribution in [0.4, 0.5) is 5.69 Å². The van der Waals surface area contributed by atoms with E-state index in [-0.39, 0.29) is 11.9 Å². The lowest BCUT2D eigenvalue weighted by atomic mass is 10.2. The fraction of sp³-hybridized carbons (Fsp3) is 0.533. The summed E-state index contributed by atoms with van der Waals surface area (Å²) in [6.07, 6.45) is 0. The highest BCUT2D eigenvalue weighted by molar-refractivity contribution is 7.99. The van der Waals surface area contributed by atoms with Gasteiger partial charge in [0, 0.05) is 43.5 Å². The van der Waals surface area contributed by atoms with E-state index in [1.165, 1.54) is 11.3 Å². The van der Waals surface area contributed by atoms with Gasteiger partial charge in [-0.2, -0.15) is 0 Å². The van der Waals surface area contributed by atoms with Crippen LogP contribution in [0.1, 0.15) is 5.56 Å². The van der Waals surface area contributed by atoms with Crippen LogP contribution in [-0.4, -0.2) is 54.7 Å². The van der Waals surface area contributed by atoms with Crippen LogP contribution in [0.3, 0.4) is 0 Å². The lowest BCUT2D eigenvalue weighted by Gasteiger charge is -2.37. The molecule has 0 aromatic heterocycles. The molecule has 1 amide bonds. The fourth-order valence-corrected chi connectivity index (χ4v) is 3.72. The Morgan fingerprint density at radius 1 is 1.30 bits per heavy atom. The number of carbonyl (C=O) groups is 1. The van der Waals surface area contributed by atoms with Gasteiger partial charge < -0.3 is 9.80 Å². The summed E-state index contributed by atoms with van der Waals surface area (Å²) >= 11 is 1.80. The molecule has 1 unspecified atom stereocenters. The second-order valence-electron chi connectivity index (χ2n) is 5.42. The number of thioether (sulfide) groups is 1.